The zero-order valence-electron chi connectivity index (χ0n) is 6.92. The molecule has 0 bridgehead atoms. The summed E-state index contributed by atoms with van der Waals surface area (Å²) < 4.78 is 23.1. The van der Waals surface area contributed by atoms with E-state index < -0.39 is 20.2 Å². The second-order valence-electron chi connectivity index (χ2n) is 3.03. The van der Waals surface area contributed by atoms with Gasteiger partial charge in [0, 0.05) is 9.83 Å². The second kappa shape index (κ2) is 5.16. The van der Waals surface area contributed by atoms with Gasteiger partial charge in [-0.15, -0.1) is 0 Å². The van der Waals surface area contributed by atoms with Gasteiger partial charge >= 0.3 is 0 Å². The van der Waals surface area contributed by atoms with Crippen molar-refractivity contribution in [1.82, 2.24) is 0 Å². The van der Waals surface area contributed by atoms with Gasteiger partial charge in [0.05, 0.1) is 11.4 Å². The number of thiol groups is 1. The molecule has 0 aromatic carbocycles. The van der Waals surface area contributed by atoms with Crippen molar-refractivity contribution in [1.29, 1.82) is 0 Å². The lowest BCUT2D eigenvalue weighted by Crippen LogP contribution is -2.34. The number of aliphatic hydroxyl groups is 1. The Morgan fingerprint density at radius 3 is 2.46 bits per heavy atom. The van der Waals surface area contributed by atoms with Crippen LogP contribution in [0, 0.1) is 0 Å². The standard InChI is InChI=1S/C6H12O3S4/c7-5-3-1-2-4-6(5)13(8,9)12-11-10/h5-7,10H,1-4H2. The first-order valence-electron chi connectivity index (χ1n) is 3.99. The molecule has 1 fully saturated rings. The second-order valence-corrected chi connectivity index (χ2v) is 9.72. The first-order chi connectivity index (χ1) is 6.08. The largest absolute Gasteiger partial charge is 0.392 e. The van der Waals surface area contributed by atoms with E-state index in [-0.39, 0.29) is 0 Å². The number of rotatable bonds is 3. The summed E-state index contributed by atoms with van der Waals surface area (Å²) in [5.41, 5.74) is 0. The zero-order valence-corrected chi connectivity index (χ0v) is 10.3. The third-order valence-corrected chi connectivity index (χ3v) is 9.10. The molecule has 1 saturated carbocycles. The van der Waals surface area contributed by atoms with Gasteiger partial charge in [0.1, 0.15) is 0 Å². The van der Waals surface area contributed by atoms with Crippen LogP contribution in [0.2, 0.25) is 0 Å². The molecule has 2 atom stereocenters. The van der Waals surface area contributed by atoms with Crippen molar-refractivity contribution in [2.45, 2.75) is 37.0 Å². The minimum atomic E-state index is -3.23. The maximum atomic E-state index is 11.5. The van der Waals surface area contributed by atoms with E-state index in [0.717, 1.165) is 32.5 Å². The van der Waals surface area contributed by atoms with Crippen LogP contribution in [0.1, 0.15) is 25.7 Å². The van der Waals surface area contributed by atoms with E-state index in [1.54, 1.807) is 0 Å². The Hall–Kier alpha value is 0.960. The summed E-state index contributed by atoms with van der Waals surface area (Å²) >= 11 is 3.78. The van der Waals surface area contributed by atoms with Crippen LogP contribution in [-0.4, -0.2) is 24.9 Å². The van der Waals surface area contributed by atoms with E-state index in [9.17, 15) is 13.5 Å². The molecule has 13 heavy (non-hydrogen) atoms. The molecule has 1 aliphatic carbocycles. The van der Waals surface area contributed by atoms with Crippen LogP contribution in [0.15, 0.2) is 0 Å². The van der Waals surface area contributed by atoms with Gasteiger partial charge in [0.25, 0.3) is 0 Å². The lowest BCUT2D eigenvalue weighted by Gasteiger charge is -2.25. The summed E-state index contributed by atoms with van der Waals surface area (Å²) in [6, 6.07) is 0. The third kappa shape index (κ3) is 3.23. The Kier molecular flexibility index (Phi) is 4.77. The topological polar surface area (TPSA) is 54.4 Å². The first kappa shape index (κ1) is 12.0. The monoisotopic (exact) mass is 260 g/mol. The molecule has 0 saturated heterocycles. The van der Waals surface area contributed by atoms with Crippen molar-refractivity contribution in [2.75, 3.05) is 0 Å². The van der Waals surface area contributed by atoms with Crippen LogP contribution in [0.3, 0.4) is 0 Å². The highest BCUT2D eigenvalue weighted by Gasteiger charge is 2.34. The van der Waals surface area contributed by atoms with Gasteiger partial charge in [-0.1, -0.05) is 24.5 Å². The van der Waals surface area contributed by atoms with Crippen LogP contribution < -0.4 is 0 Å². The Bertz CT molecular complexity index is 251. The quantitative estimate of drug-likeness (QED) is 0.599. The molecule has 2 unspecified atom stereocenters. The summed E-state index contributed by atoms with van der Waals surface area (Å²) in [4.78, 5) is 0. The molecule has 0 spiro atoms. The van der Waals surface area contributed by atoms with Crippen molar-refractivity contribution in [3.8, 4) is 0 Å². The molecule has 7 heteroatoms. The molecule has 1 N–H and O–H groups in total. The molecule has 0 amide bonds. The Balaban J connectivity index is 2.68. The molecule has 0 aliphatic heterocycles. The van der Waals surface area contributed by atoms with Crippen molar-refractivity contribution in [3.05, 3.63) is 0 Å². The van der Waals surface area contributed by atoms with Gasteiger partial charge < -0.3 is 5.11 Å². The maximum absolute atomic E-state index is 11.5. The van der Waals surface area contributed by atoms with Crippen molar-refractivity contribution in [2.24, 2.45) is 0 Å². The summed E-state index contributed by atoms with van der Waals surface area (Å²) in [5, 5.41) is 8.91. The van der Waals surface area contributed by atoms with Gasteiger partial charge in [0.15, 0.2) is 0 Å². The molecule has 0 radical (unpaired) electrons. The number of aliphatic hydroxyl groups excluding tert-OH is 1. The van der Waals surface area contributed by atoms with Crippen LogP contribution >= 0.6 is 31.3 Å². The average molecular weight is 260 g/mol. The van der Waals surface area contributed by atoms with E-state index >= 15 is 0 Å². The fraction of sp³-hybridized carbons (Fsp3) is 1.00. The summed E-state index contributed by atoms with van der Waals surface area (Å²) in [5.74, 6) is 0. The van der Waals surface area contributed by atoms with E-state index in [0.29, 0.717) is 12.8 Å². The van der Waals surface area contributed by atoms with Gasteiger partial charge in [-0.3, -0.25) is 0 Å². The van der Waals surface area contributed by atoms with Crippen LogP contribution in [0.4, 0.5) is 0 Å². The Morgan fingerprint density at radius 1 is 1.31 bits per heavy atom. The minimum Gasteiger partial charge on any atom is -0.392 e. The molecule has 1 rings (SSSR count). The molecule has 0 aromatic heterocycles. The van der Waals surface area contributed by atoms with Crippen molar-refractivity contribution in [3.63, 3.8) is 0 Å². The van der Waals surface area contributed by atoms with Crippen molar-refractivity contribution < 1.29 is 13.5 Å². The summed E-state index contributed by atoms with van der Waals surface area (Å²) in [6.07, 6.45) is 2.30. The lowest BCUT2D eigenvalue weighted by molar-refractivity contribution is 0.134. The average Bonchev–Trinajstić information content (AvgIpc) is 2.04. The van der Waals surface area contributed by atoms with Crippen molar-refractivity contribution >= 4 is 40.2 Å². The molecular formula is C6H12O3S4. The van der Waals surface area contributed by atoms with Gasteiger partial charge in [-0.25, -0.2) is 8.42 Å². The van der Waals surface area contributed by atoms with E-state index in [1.165, 1.54) is 0 Å². The predicted molar refractivity (Wildman–Crippen MR) is 61.4 cm³/mol. The normalized spacial score (nSPS) is 30.3. The first-order valence-corrected chi connectivity index (χ1v) is 9.26. The van der Waals surface area contributed by atoms with E-state index in [1.807, 2.05) is 0 Å². The van der Waals surface area contributed by atoms with Gasteiger partial charge in [0.2, 0.25) is 8.87 Å². The van der Waals surface area contributed by atoms with E-state index in [4.69, 9.17) is 0 Å². The Labute approximate surface area is 90.6 Å². The fourth-order valence-corrected chi connectivity index (χ4v) is 7.86. The molecule has 0 aromatic rings. The Morgan fingerprint density at radius 2 is 1.92 bits per heavy atom. The highest BCUT2D eigenvalue weighted by atomic mass is 33.7. The van der Waals surface area contributed by atoms with Gasteiger partial charge in [-0.2, -0.15) is 0 Å². The van der Waals surface area contributed by atoms with Gasteiger partial charge in [-0.05, 0) is 22.7 Å². The number of hydrogen-bond acceptors (Lipinski definition) is 6. The smallest absolute Gasteiger partial charge is 0.217 e. The fourth-order valence-electron chi connectivity index (χ4n) is 1.51. The van der Waals surface area contributed by atoms with Crippen LogP contribution in [0.25, 0.3) is 0 Å². The maximum Gasteiger partial charge on any atom is 0.217 e. The van der Waals surface area contributed by atoms with E-state index in [2.05, 4.69) is 11.7 Å². The highest BCUT2D eigenvalue weighted by molar-refractivity contribution is 9.22. The molecule has 78 valence electrons. The SMILES string of the molecule is O=S(=O)(SSS)C1CCCCC1O. The summed E-state index contributed by atoms with van der Waals surface area (Å²) in [7, 11) is -1.58. The number of hydrogen-bond donors (Lipinski definition) is 2. The predicted octanol–water partition coefficient (Wildman–Crippen LogP) is 1.85. The third-order valence-electron chi connectivity index (χ3n) is 2.16. The molecule has 3 nitrogen and oxygen atoms in total. The highest BCUT2D eigenvalue weighted by Crippen LogP contribution is 2.38. The molecular weight excluding hydrogens is 248 g/mol. The lowest BCUT2D eigenvalue weighted by atomic mass is 9.97. The summed E-state index contributed by atoms with van der Waals surface area (Å²) in [6.45, 7) is 0. The van der Waals surface area contributed by atoms with Crippen LogP contribution in [-0.2, 0) is 8.87 Å². The molecule has 1 aliphatic rings. The van der Waals surface area contributed by atoms with Crippen LogP contribution in [0.5, 0.6) is 0 Å². The molecule has 0 heterocycles. The minimum absolute atomic E-state index is 0.574. The zero-order chi connectivity index (χ0) is 9.90.